The highest BCUT2D eigenvalue weighted by atomic mass is 16.5. The molecule has 1 heterocycles. The molecule has 0 aliphatic carbocycles. The quantitative estimate of drug-likeness (QED) is 0.697. The molecule has 1 atom stereocenters. The highest BCUT2D eigenvalue weighted by Gasteiger charge is 2.12. The molecule has 3 aromatic rings. The normalized spacial score (nSPS) is 11.8. The second-order valence-corrected chi connectivity index (χ2v) is 6.11. The molecule has 3 rings (SSSR count). The van der Waals surface area contributed by atoms with Crippen molar-refractivity contribution in [1.82, 2.24) is 10.3 Å². The lowest BCUT2D eigenvalue weighted by Gasteiger charge is -2.13. The summed E-state index contributed by atoms with van der Waals surface area (Å²) in [6.45, 7) is 4.61. The van der Waals surface area contributed by atoms with Gasteiger partial charge in [0.15, 0.2) is 12.1 Å². The van der Waals surface area contributed by atoms with E-state index in [-0.39, 0.29) is 11.9 Å². The first-order valence-corrected chi connectivity index (χ1v) is 8.67. The molecule has 1 N–H and O–H groups in total. The zero-order chi connectivity index (χ0) is 18.4. The molecule has 134 valence electrons. The van der Waals surface area contributed by atoms with Gasteiger partial charge in [0.2, 0.25) is 0 Å². The van der Waals surface area contributed by atoms with Gasteiger partial charge < -0.3 is 14.5 Å². The fraction of sp³-hybridized carbons (Fsp3) is 0.238. The van der Waals surface area contributed by atoms with Crippen LogP contribution in [0.2, 0.25) is 0 Å². The molecular formula is C21H22N2O3. The van der Waals surface area contributed by atoms with Crippen molar-refractivity contribution in [3.05, 3.63) is 72.4 Å². The van der Waals surface area contributed by atoms with Crippen LogP contribution >= 0.6 is 0 Å². The summed E-state index contributed by atoms with van der Waals surface area (Å²) in [4.78, 5) is 15.8. The molecule has 1 unspecified atom stereocenters. The van der Waals surface area contributed by atoms with Gasteiger partial charge in [-0.05, 0) is 49.1 Å². The van der Waals surface area contributed by atoms with E-state index < -0.39 is 0 Å². The van der Waals surface area contributed by atoms with E-state index >= 15 is 0 Å². The molecule has 26 heavy (non-hydrogen) atoms. The van der Waals surface area contributed by atoms with Gasteiger partial charge in [-0.15, -0.1) is 0 Å². The Morgan fingerprint density at radius 2 is 1.77 bits per heavy atom. The van der Waals surface area contributed by atoms with Gasteiger partial charge >= 0.3 is 0 Å². The van der Waals surface area contributed by atoms with Crippen LogP contribution in [0, 0.1) is 0 Å². The number of oxazole rings is 1. The van der Waals surface area contributed by atoms with E-state index in [9.17, 15) is 4.79 Å². The molecule has 0 fully saturated rings. The highest BCUT2D eigenvalue weighted by molar-refractivity contribution is 5.92. The molecule has 0 saturated heterocycles. The molecule has 0 spiro atoms. The average molecular weight is 350 g/mol. The van der Waals surface area contributed by atoms with Gasteiger partial charge in [0.1, 0.15) is 12.0 Å². The lowest BCUT2D eigenvalue weighted by Crippen LogP contribution is -2.34. The molecule has 0 aliphatic heterocycles. The van der Waals surface area contributed by atoms with E-state index in [2.05, 4.69) is 46.7 Å². The minimum atomic E-state index is -0.225. The molecular weight excluding hydrogens is 328 g/mol. The van der Waals surface area contributed by atoms with Crippen LogP contribution < -0.4 is 10.1 Å². The van der Waals surface area contributed by atoms with Crippen LogP contribution in [0.25, 0.3) is 11.1 Å². The van der Waals surface area contributed by atoms with Crippen molar-refractivity contribution in [2.45, 2.75) is 26.3 Å². The van der Waals surface area contributed by atoms with E-state index in [0.717, 1.165) is 28.9 Å². The van der Waals surface area contributed by atoms with Crippen molar-refractivity contribution >= 4 is 5.91 Å². The number of hydrogen-bond acceptors (Lipinski definition) is 4. The molecule has 2 aromatic carbocycles. The van der Waals surface area contributed by atoms with Crippen molar-refractivity contribution in [3.63, 3.8) is 0 Å². The molecule has 0 bridgehead atoms. The van der Waals surface area contributed by atoms with Crippen molar-refractivity contribution in [2.75, 3.05) is 6.61 Å². The number of rotatable bonds is 7. The van der Waals surface area contributed by atoms with Gasteiger partial charge in [-0.2, -0.15) is 0 Å². The van der Waals surface area contributed by atoms with Crippen molar-refractivity contribution in [2.24, 2.45) is 0 Å². The van der Waals surface area contributed by atoms with Crippen molar-refractivity contribution in [1.29, 1.82) is 0 Å². The molecule has 0 aliphatic rings. The van der Waals surface area contributed by atoms with Crippen LogP contribution in [0.5, 0.6) is 5.75 Å². The smallest absolute Gasteiger partial charge is 0.273 e. The van der Waals surface area contributed by atoms with Crippen LogP contribution in [-0.2, 0) is 6.42 Å². The Hall–Kier alpha value is -3.08. The summed E-state index contributed by atoms with van der Waals surface area (Å²) in [6, 6.07) is 16.4. The second kappa shape index (κ2) is 8.34. The number of nitrogens with one attached hydrogen (secondary N) is 1. The zero-order valence-electron chi connectivity index (χ0n) is 14.9. The first-order valence-electron chi connectivity index (χ1n) is 8.67. The fourth-order valence-electron chi connectivity index (χ4n) is 2.77. The van der Waals surface area contributed by atoms with Crippen LogP contribution in [-0.4, -0.2) is 23.5 Å². The Morgan fingerprint density at radius 3 is 2.35 bits per heavy atom. The number of hydrogen-bond donors (Lipinski definition) is 1. The Balaban J connectivity index is 1.59. The minimum absolute atomic E-state index is 0.00414. The maximum Gasteiger partial charge on any atom is 0.273 e. The number of carbonyl (C=O) groups is 1. The predicted octanol–water partition coefficient (Wildman–Crippen LogP) is 4.10. The van der Waals surface area contributed by atoms with E-state index in [4.69, 9.17) is 9.15 Å². The summed E-state index contributed by atoms with van der Waals surface area (Å²) < 4.78 is 10.3. The fourth-order valence-corrected chi connectivity index (χ4v) is 2.77. The summed E-state index contributed by atoms with van der Waals surface area (Å²) >= 11 is 0. The maximum atomic E-state index is 12.0. The number of aromatic nitrogens is 1. The summed E-state index contributed by atoms with van der Waals surface area (Å²) in [7, 11) is 0. The van der Waals surface area contributed by atoms with Crippen LogP contribution in [0.15, 0.2) is 65.6 Å². The number of amides is 1. The summed E-state index contributed by atoms with van der Waals surface area (Å²) in [6.07, 6.45) is 3.33. The SMILES string of the molecule is CCOc1ccc(-c2ccc(CC(C)NC(=O)c3cocn3)cc2)cc1. The lowest BCUT2D eigenvalue weighted by atomic mass is 10.0. The topological polar surface area (TPSA) is 64.4 Å². The van der Waals surface area contributed by atoms with Gasteiger partial charge in [-0.3, -0.25) is 4.79 Å². The largest absolute Gasteiger partial charge is 0.494 e. The molecule has 5 heteroatoms. The van der Waals surface area contributed by atoms with E-state index in [0.29, 0.717) is 12.3 Å². The van der Waals surface area contributed by atoms with E-state index in [1.54, 1.807) is 0 Å². The van der Waals surface area contributed by atoms with Crippen molar-refractivity contribution < 1.29 is 13.9 Å². The minimum Gasteiger partial charge on any atom is -0.494 e. The lowest BCUT2D eigenvalue weighted by molar-refractivity contribution is 0.0935. The van der Waals surface area contributed by atoms with E-state index in [1.165, 1.54) is 12.7 Å². The molecule has 1 aromatic heterocycles. The summed E-state index contributed by atoms with van der Waals surface area (Å²) in [5, 5.41) is 2.92. The monoisotopic (exact) mass is 350 g/mol. The number of nitrogens with zero attached hydrogens (tertiary/aromatic N) is 1. The van der Waals surface area contributed by atoms with Crippen LogP contribution in [0.4, 0.5) is 0 Å². The third-order valence-electron chi connectivity index (χ3n) is 4.04. The predicted molar refractivity (Wildman–Crippen MR) is 100 cm³/mol. The molecule has 1 amide bonds. The van der Waals surface area contributed by atoms with Crippen LogP contribution in [0.1, 0.15) is 29.9 Å². The zero-order valence-corrected chi connectivity index (χ0v) is 14.9. The molecule has 5 nitrogen and oxygen atoms in total. The third kappa shape index (κ3) is 4.51. The third-order valence-corrected chi connectivity index (χ3v) is 4.04. The number of carbonyl (C=O) groups excluding carboxylic acids is 1. The Labute approximate surface area is 153 Å². The maximum absolute atomic E-state index is 12.0. The van der Waals surface area contributed by atoms with Gasteiger partial charge in [-0.1, -0.05) is 36.4 Å². The van der Waals surface area contributed by atoms with Crippen LogP contribution in [0.3, 0.4) is 0 Å². The number of ether oxygens (including phenoxy) is 1. The van der Waals surface area contributed by atoms with Gasteiger partial charge in [-0.25, -0.2) is 4.98 Å². The van der Waals surface area contributed by atoms with Gasteiger partial charge in [0.25, 0.3) is 5.91 Å². The summed E-state index contributed by atoms with van der Waals surface area (Å²) in [5.74, 6) is 0.654. The second-order valence-electron chi connectivity index (χ2n) is 6.11. The molecule has 0 radical (unpaired) electrons. The average Bonchev–Trinajstić information content (AvgIpc) is 3.18. The van der Waals surface area contributed by atoms with Gasteiger partial charge in [0, 0.05) is 6.04 Å². The first kappa shape index (κ1) is 17.7. The highest BCUT2D eigenvalue weighted by Crippen LogP contribution is 2.23. The van der Waals surface area contributed by atoms with Crippen molar-refractivity contribution in [3.8, 4) is 16.9 Å². The molecule has 0 saturated carbocycles. The standard InChI is InChI=1S/C21H22N2O3/c1-3-26-19-10-8-18(9-11-19)17-6-4-16(5-7-17)12-15(2)23-21(24)20-13-25-14-22-20/h4-11,13-15H,3,12H2,1-2H3,(H,23,24). The van der Waals surface area contributed by atoms with Gasteiger partial charge in [0.05, 0.1) is 6.61 Å². The Bertz CT molecular complexity index is 825. The van der Waals surface area contributed by atoms with E-state index in [1.807, 2.05) is 26.0 Å². The first-order chi connectivity index (χ1) is 12.7. The summed E-state index contributed by atoms with van der Waals surface area (Å²) in [5.41, 5.74) is 3.75. The Kier molecular flexibility index (Phi) is 5.69. The number of benzene rings is 2. The Morgan fingerprint density at radius 1 is 1.12 bits per heavy atom.